The van der Waals surface area contributed by atoms with Gasteiger partial charge in [0.25, 0.3) is 0 Å². The lowest BCUT2D eigenvalue weighted by Crippen LogP contribution is -2.37. The third-order valence-corrected chi connectivity index (χ3v) is 3.91. The minimum Gasteiger partial charge on any atom is -0.453 e. The van der Waals surface area contributed by atoms with Crippen LogP contribution in [0.4, 0.5) is 21.0 Å². The zero-order valence-electron chi connectivity index (χ0n) is 16.4. The van der Waals surface area contributed by atoms with E-state index in [1.807, 2.05) is 38.1 Å². The standard InChI is InChI=1S/C21H26N2O5/c1-4-13-27-14-12-23(19-11-6-5-8-16(19)2)21(25)28-18-10-7-9-17(15-18)22-20(24)26-3/h5-11,15H,4,12-14H2,1-3H3,(H,22,24). The largest absolute Gasteiger partial charge is 0.453 e. The zero-order valence-corrected chi connectivity index (χ0v) is 16.4. The molecular weight excluding hydrogens is 360 g/mol. The van der Waals surface area contributed by atoms with Gasteiger partial charge in [-0.1, -0.05) is 31.2 Å². The van der Waals surface area contributed by atoms with Crippen molar-refractivity contribution in [3.8, 4) is 5.75 Å². The van der Waals surface area contributed by atoms with Gasteiger partial charge in [-0.2, -0.15) is 0 Å². The van der Waals surface area contributed by atoms with Gasteiger partial charge in [0, 0.05) is 18.4 Å². The van der Waals surface area contributed by atoms with Crippen LogP contribution < -0.4 is 15.0 Å². The number of hydrogen-bond donors (Lipinski definition) is 1. The molecule has 7 heteroatoms. The summed E-state index contributed by atoms with van der Waals surface area (Å²) >= 11 is 0. The maximum absolute atomic E-state index is 12.9. The van der Waals surface area contributed by atoms with Gasteiger partial charge in [-0.05, 0) is 37.1 Å². The number of nitrogens with zero attached hydrogens (tertiary/aromatic N) is 1. The first kappa shape index (κ1) is 21.2. The van der Waals surface area contributed by atoms with Gasteiger partial charge >= 0.3 is 12.2 Å². The average molecular weight is 386 g/mol. The Kier molecular flexibility index (Phi) is 8.30. The first-order valence-electron chi connectivity index (χ1n) is 9.13. The fourth-order valence-electron chi connectivity index (χ4n) is 2.54. The number of ether oxygens (including phenoxy) is 3. The van der Waals surface area contributed by atoms with Crippen molar-refractivity contribution < 1.29 is 23.8 Å². The van der Waals surface area contributed by atoms with Gasteiger partial charge in [0.1, 0.15) is 5.75 Å². The molecule has 0 atom stereocenters. The molecule has 0 aliphatic heterocycles. The number of anilines is 2. The van der Waals surface area contributed by atoms with Crippen LogP contribution in [0.2, 0.25) is 0 Å². The Balaban J connectivity index is 2.14. The van der Waals surface area contributed by atoms with E-state index in [9.17, 15) is 9.59 Å². The molecule has 0 bridgehead atoms. The fraction of sp³-hybridized carbons (Fsp3) is 0.333. The molecule has 0 unspecified atom stereocenters. The number of rotatable bonds is 8. The number of carbonyl (C=O) groups excluding carboxylic acids is 2. The van der Waals surface area contributed by atoms with Crippen LogP contribution in [0.25, 0.3) is 0 Å². The smallest absolute Gasteiger partial charge is 0.419 e. The van der Waals surface area contributed by atoms with Gasteiger partial charge in [-0.25, -0.2) is 9.59 Å². The van der Waals surface area contributed by atoms with E-state index in [0.29, 0.717) is 31.2 Å². The molecule has 0 fully saturated rings. The van der Waals surface area contributed by atoms with E-state index in [-0.39, 0.29) is 0 Å². The summed E-state index contributed by atoms with van der Waals surface area (Å²) in [6.07, 6.45) is -0.211. The van der Waals surface area contributed by atoms with Gasteiger partial charge in [-0.15, -0.1) is 0 Å². The van der Waals surface area contributed by atoms with Crippen LogP contribution in [0.15, 0.2) is 48.5 Å². The molecule has 150 valence electrons. The Morgan fingerprint density at radius 3 is 2.57 bits per heavy atom. The van der Waals surface area contributed by atoms with Crippen molar-refractivity contribution in [2.24, 2.45) is 0 Å². The molecule has 0 saturated heterocycles. The molecule has 0 aromatic heterocycles. The van der Waals surface area contributed by atoms with Crippen LogP contribution in [0.5, 0.6) is 5.75 Å². The van der Waals surface area contributed by atoms with E-state index in [1.165, 1.54) is 7.11 Å². The molecule has 2 rings (SSSR count). The molecular formula is C21H26N2O5. The number of carbonyl (C=O) groups is 2. The van der Waals surface area contributed by atoms with Crippen LogP contribution in [-0.2, 0) is 9.47 Å². The molecule has 0 aliphatic rings. The Bertz CT molecular complexity index is 794. The van der Waals surface area contributed by atoms with Crippen molar-refractivity contribution in [3.63, 3.8) is 0 Å². The first-order valence-corrected chi connectivity index (χ1v) is 9.13. The van der Waals surface area contributed by atoms with Gasteiger partial charge in [0.15, 0.2) is 0 Å². The van der Waals surface area contributed by atoms with E-state index in [0.717, 1.165) is 17.7 Å². The monoisotopic (exact) mass is 386 g/mol. The van der Waals surface area contributed by atoms with E-state index >= 15 is 0 Å². The lowest BCUT2D eigenvalue weighted by molar-refractivity contribution is 0.139. The van der Waals surface area contributed by atoms with Crippen LogP contribution in [-0.4, -0.2) is 39.1 Å². The summed E-state index contributed by atoms with van der Waals surface area (Å²) in [6.45, 7) is 5.37. The summed E-state index contributed by atoms with van der Waals surface area (Å²) in [4.78, 5) is 25.8. The molecule has 2 aromatic carbocycles. The number of aryl methyl sites for hydroxylation is 1. The minimum absolute atomic E-state index is 0.312. The van der Waals surface area contributed by atoms with Gasteiger partial charge in [-0.3, -0.25) is 10.2 Å². The normalized spacial score (nSPS) is 10.2. The predicted octanol–water partition coefficient (Wildman–Crippen LogP) is 4.61. The molecule has 2 aromatic rings. The maximum Gasteiger partial charge on any atom is 0.419 e. The number of amides is 2. The van der Waals surface area contributed by atoms with Crippen LogP contribution in [0, 0.1) is 6.92 Å². The van der Waals surface area contributed by atoms with Crippen molar-refractivity contribution in [2.45, 2.75) is 20.3 Å². The number of para-hydroxylation sites is 1. The van der Waals surface area contributed by atoms with Crippen molar-refractivity contribution in [2.75, 3.05) is 37.1 Å². The molecule has 2 amide bonds. The van der Waals surface area contributed by atoms with Crippen molar-refractivity contribution in [3.05, 3.63) is 54.1 Å². The number of methoxy groups -OCH3 is 1. The Morgan fingerprint density at radius 2 is 1.86 bits per heavy atom. The summed E-state index contributed by atoms with van der Waals surface area (Å²) in [7, 11) is 1.28. The van der Waals surface area contributed by atoms with Crippen molar-refractivity contribution in [1.82, 2.24) is 0 Å². The summed E-state index contributed by atoms with van der Waals surface area (Å²) in [5.41, 5.74) is 2.18. The molecule has 7 nitrogen and oxygen atoms in total. The van der Waals surface area contributed by atoms with Crippen LogP contribution >= 0.6 is 0 Å². The van der Waals surface area contributed by atoms with E-state index in [1.54, 1.807) is 29.2 Å². The predicted molar refractivity (Wildman–Crippen MR) is 108 cm³/mol. The second-order valence-corrected chi connectivity index (χ2v) is 6.06. The summed E-state index contributed by atoms with van der Waals surface area (Å²) in [5, 5.41) is 2.54. The lowest BCUT2D eigenvalue weighted by atomic mass is 10.2. The third kappa shape index (κ3) is 6.28. The van der Waals surface area contributed by atoms with Gasteiger partial charge in [0.05, 0.1) is 25.9 Å². The topological polar surface area (TPSA) is 77.1 Å². The van der Waals surface area contributed by atoms with Crippen molar-refractivity contribution in [1.29, 1.82) is 0 Å². The Labute approximate surface area is 165 Å². The molecule has 1 N–H and O–H groups in total. The summed E-state index contributed by atoms with van der Waals surface area (Å²) in [6, 6.07) is 14.1. The second kappa shape index (κ2) is 10.9. The molecule has 0 aliphatic carbocycles. The quantitative estimate of drug-likeness (QED) is 0.671. The minimum atomic E-state index is -0.599. The highest BCUT2D eigenvalue weighted by Gasteiger charge is 2.20. The molecule has 28 heavy (non-hydrogen) atoms. The SMILES string of the molecule is CCCOCCN(C(=O)Oc1cccc(NC(=O)OC)c1)c1ccccc1C. The van der Waals surface area contributed by atoms with E-state index in [4.69, 9.17) is 9.47 Å². The zero-order chi connectivity index (χ0) is 20.4. The highest BCUT2D eigenvalue weighted by Crippen LogP contribution is 2.23. The van der Waals surface area contributed by atoms with Gasteiger partial charge in [0.2, 0.25) is 0 Å². The number of hydrogen-bond acceptors (Lipinski definition) is 5. The van der Waals surface area contributed by atoms with Crippen molar-refractivity contribution >= 4 is 23.6 Å². The van der Waals surface area contributed by atoms with E-state index in [2.05, 4.69) is 10.1 Å². The first-order chi connectivity index (χ1) is 13.5. The fourth-order valence-corrected chi connectivity index (χ4v) is 2.54. The lowest BCUT2D eigenvalue weighted by Gasteiger charge is -2.24. The average Bonchev–Trinajstić information content (AvgIpc) is 2.69. The molecule has 0 radical (unpaired) electrons. The highest BCUT2D eigenvalue weighted by molar-refractivity contribution is 5.90. The maximum atomic E-state index is 12.9. The third-order valence-electron chi connectivity index (χ3n) is 3.91. The second-order valence-electron chi connectivity index (χ2n) is 6.06. The van der Waals surface area contributed by atoms with E-state index < -0.39 is 12.2 Å². The molecule has 0 spiro atoms. The molecule has 0 heterocycles. The molecule has 0 saturated carbocycles. The van der Waals surface area contributed by atoms with Crippen LogP contribution in [0.3, 0.4) is 0 Å². The number of benzene rings is 2. The Hall–Kier alpha value is -3.06. The van der Waals surface area contributed by atoms with Crippen LogP contribution in [0.1, 0.15) is 18.9 Å². The van der Waals surface area contributed by atoms with Gasteiger partial charge < -0.3 is 14.2 Å². The summed E-state index contributed by atoms with van der Waals surface area (Å²) in [5.74, 6) is 0.312. The number of nitrogens with one attached hydrogen (secondary N) is 1. The summed E-state index contributed by atoms with van der Waals surface area (Å²) < 4.78 is 15.6. The Morgan fingerprint density at radius 1 is 1.07 bits per heavy atom. The highest BCUT2D eigenvalue weighted by atomic mass is 16.6.